The van der Waals surface area contributed by atoms with Gasteiger partial charge in [-0.05, 0) is 29.8 Å². The third-order valence-electron chi connectivity index (χ3n) is 2.17. The van der Waals surface area contributed by atoms with E-state index in [-0.39, 0.29) is 17.4 Å². The first-order chi connectivity index (χ1) is 8.19. The highest BCUT2D eigenvalue weighted by Crippen LogP contribution is 2.25. The van der Waals surface area contributed by atoms with Crippen LogP contribution in [0.1, 0.15) is 5.56 Å². The summed E-state index contributed by atoms with van der Waals surface area (Å²) < 4.78 is 31.7. The van der Waals surface area contributed by atoms with Gasteiger partial charge in [0.15, 0.2) is 11.6 Å². The van der Waals surface area contributed by atoms with Gasteiger partial charge in [0.05, 0.1) is 0 Å². The largest absolute Gasteiger partial charge is 0.454 e. The zero-order valence-electron chi connectivity index (χ0n) is 8.79. The van der Waals surface area contributed by atoms with Gasteiger partial charge in [-0.15, -0.1) is 11.6 Å². The Balaban J connectivity index is 2.24. The van der Waals surface area contributed by atoms with Crippen molar-refractivity contribution in [3.63, 3.8) is 0 Å². The van der Waals surface area contributed by atoms with E-state index in [1.165, 1.54) is 30.3 Å². The van der Waals surface area contributed by atoms with Crippen molar-refractivity contribution in [2.75, 3.05) is 0 Å². The first-order valence-corrected chi connectivity index (χ1v) is 5.50. The van der Waals surface area contributed by atoms with Crippen molar-refractivity contribution in [2.24, 2.45) is 0 Å². The second-order valence-corrected chi connectivity index (χ2v) is 3.73. The van der Waals surface area contributed by atoms with Gasteiger partial charge in [0.25, 0.3) is 0 Å². The Kier molecular flexibility index (Phi) is 3.59. The smallest absolute Gasteiger partial charge is 0.166 e. The fourth-order valence-corrected chi connectivity index (χ4v) is 1.53. The monoisotopic (exact) mass is 254 g/mol. The Morgan fingerprint density at radius 2 is 1.88 bits per heavy atom. The van der Waals surface area contributed by atoms with Crippen LogP contribution in [0.5, 0.6) is 11.5 Å². The molecule has 1 nitrogen and oxygen atoms in total. The van der Waals surface area contributed by atoms with E-state index in [9.17, 15) is 8.78 Å². The molecule has 2 aromatic carbocycles. The first-order valence-electron chi connectivity index (χ1n) is 4.97. The zero-order chi connectivity index (χ0) is 12.3. The molecule has 0 fully saturated rings. The van der Waals surface area contributed by atoms with Gasteiger partial charge in [0, 0.05) is 11.9 Å². The normalized spacial score (nSPS) is 10.3. The van der Waals surface area contributed by atoms with E-state index in [2.05, 4.69) is 0 Å². The standard InChI is InChI=1S/C13H9ClF2O/c14-8-9-4-5-13(12(16)6-9)17-11-3-1-2-10(15)7-11/h1-7H,8H2. The summed E-state index contributed by atoms with van der Waals surface area (Å²) in [5.41, 5.74) is 0.663. The molecule has 0 heterocycles. The molecule has 0 N–H and O–H groups in total. The molecular weight excluding hydrogens is 246 g/mol. The molecule has 0 aliphatic carbocycles. The van der Waals surface area contributed by atoms with Crippen LogP contribution in [-0.2, 0) is 5.88 Å². The van der Waals surface area contributed by atoms with E-state index < -0.39 is 11.6 Å². The van der Waals surface area contributed by atoms with Crippen LogP contribution in [0.15, 0.2) is 42.5 Å². The SMILES string of the molecule is Fc1cccc(Oc2ccc(CCl)cc2F)c1. The van der Waals surface area contributed by atoms with E-state index in [0.717, 1.165) is 0 Å². The lowest BCUT2D eigenvalue weighted by molar-refractivity contribution is 0.438. The predicted octanol–water partition coefficient (Wildman–Crippen LogP) is 4.50. The first kappa shape index (κ1) is 11.9. The number of ether oxygens (including phenoxy) is 1. The lowest BCUT2D eigenvalue weighted by Crippen LogP contribution is -1.90. The van der Waals surface area contributed by atoms with Crippen molar-refractivity contribution in [1.82, 2.24) is 0 Å². The van der Waals surface area contributed by atoms with Crippen molar-refractivity contribution in [2.45, 2.75) is 5.88 Å². The molecule has 0 bridgehead atoms. The van der Waals surface area contributed by atoms with Crippen LogP contribution in [0, 0.1) is 11.6 Å². The Morgan fingerprint density at radius 1 is 1.06 bits per heavy atom. The minimum atomic E-state index is -0.521. The molecule has 0 spiro atoms. The molecule has 2 rings (SSSR count). The Bertz CT molecular complexity index is 529. The van der Waals surface area contributed by atoms with Gasteiger partial charge in [-0.25, -0.2) is 8.78 Å². The van der Waals surface area contributed by atoms with E-state index >= 15 is 0 Å². The van der Waals surface area contributed by atoms with Gasteiger partial charge in [0.1, 0.15) is 11.6 Å². The Labute approximate surface area is 103 Å². The second-order valence-electron chi connectivity index (χ2n) is 3.46. The van der Waals surface area contributed by atoms with Crippen molar-refractivity contribution >= 4 is 11.6 Å². The molecule has 4 heteroatoms. The van der Waals surface area contributed by atoms with E-state index in [1.54, 1.807) is 12.1 Å². The third-order valence-corrected chi connectivity index (χ3v) is 2.48. The van der Waals surface area contributed by atoms with Crippen molar-refractivity contribution in [3.8, 4) is 11.5 Å². The number of hydrogen-bond acceptors (Lipinski definition) is 1. The molecule has 17 heavy (non-hydrogen) atoms. The summed E-state index contributed by atoms with van der Waals surface area (Å²) in [6.45, 7) is 0. The van der Waals surface area contributed by atoms with Crippen LogP contribution in [0.4, 0.5) is 8.78 Å². The second kappa shape index (κ2) is 5.15. The molecule has 0 aliphatic rings. The highest BCUT2D eigenvalue weighted by molar-refractivity contribution is 6.17. The average molecular weight is 255 g/mol. The summed E-state index contributed by atoms with van der Waals surface area (Å²) in [4.78, 5) is 0. The molecule has 0 aliphatic heterocycles. The molecule has 0 amide bonds. The van der Waals surface area contributed by atoms with Gasteiger partial charge in [-0.3, -0.25) is 0 Å². The summed E-state index contributed by atoms with van der Waals surface area (Å²) in [5, 5.41) is 0. The zero-order valence-corrected chi connectivity index (χ0v) is 9.55. The maximum absolute atomic E-state index is 13.5. The Hall–Kier alpha value is -1.61. The molecule has 2 aromatic rings. The molecule has 0 unspecified atom stereocenters. The van der Waals surface area contributed by atoms with Crippen molar-refractivity contribution in [1.29, 1.82) is 0 Å². The van der Waals surface area contributed by atoms with Crippen LogP contribution >= 0.6 is 11.6 Å². The molecule has 0 atom stereocenters. The third kappa shape index (κ3) is 2.94. The molecule has 0 saturated carbocycles. The van der Waals surface area contributed by atoms with Crippen LogP contribution in [0.3, 0.4) is 0 Å². The van der Waals surface area contributed by atoms with Crippen LogP contribution in [0.2, 0.25) is 0 Å². The fourth-order valence-electron chi connectivity index (χ4n) is 1.37. The Morgan fingerprint density at radius 3 is 2.53 bits per heavy atom. The summed E-state index contributed by atoms with van der Waals surface area (Å²) in [7, 11) is 0. The maximum Gasteiger partial charge on any atom is 0.166 e. The van der Waals surface area contributed by atoms with Gasteiger partial charge in [-0.2, -0.15) is 0 Å². The quantitative estimate of drug-likeness (QED) is 0.733. The molecule has 0 saturated heterocycles. The highest BCUT2D eigenvalue weighted by atomic mass is 35.5. The lowest BCUT2D eigenvalue weighted by Gasteiger charge is -2.07. The topological polar surface area (TPSA) is 9.23 Å². The number of halogens is 3. The van der Waals surface area contributed by atoms with Gasteiger partial charge >= 0.3 is 0 Å². The number of rotatable bonds is 3. The molecule has 88 valence electrons. The van der Waals surface area contributed by atoms with Crippen molar-refractivity contribution < 1.29 is 13.5 Å². The summed E-state index contributed by atoms with van der Waals surface area (Å²) in [6, 6.07) is 9.95. The average Bonchev–Trinajstić information content (AvgIpc) is 2.32. The molecule has 0 aromatic heterocycles. The molecular formula is C13H9ClF2O. The minimum absolute atomic E-state index is 0.0458. The summed E-state index contributed by atoms with van der Waals surface area (Å²) in [5.74, 6) is -0.420. The lowest BCUT2D eigenvalue weighted by atomic mass is 10.2. The van der Waals surface area contributed by atoms with Crippen LogP contribution in [-0.4, -0.2) is 0 Å². The van der Waals surface area contributed by atoms with E-state index in [1.807, 2.05) is 0 Å². The minimum Gasteiger partial charge on any atom is -0.454 e. The van der Waals surface area contributed by atoms with E-state index in [0.29, 0.717) is 5.56 Å². The van der Waals surface area contributed by atoms with Gasteiger partial charge < -0.3 is 4.74 Å². The summed E-state index contributed by atoms with van der Waals surface area (Å²) in [6.07, 6.45) is 0. The van der Waals surface area contributed by atoms with Crippen molar-refractivity contribution in [3.05, 3.63) is 59.7 Å². The summed E-state index contributed by atoms with van der Waals surface area (Å²) >= 11 is 5.58. The van der Waals surface area contributed by atoms with Crippen LogP contribution in [0.25, 0.3) is 0 Å². The van der Waals surface area contributed by atoms with E-state index in [4.69, 9.17) is 16.3 Å². The number of hydrogen-bond donors (Lipinski definition) is 0. The number of benzene rings is 2. The van der Waals surface area contributed by atoms with Gasteiger partial charge in [-0.1, -0.05) is 12.1 Å². The van der Waals surface area contributed by atoms with Gasteiger partial charge in [0.2, 0.25) is 0 Å². The fraction of sp³-hybridized carbons (Fsp3) is 0.0769. The number of alkyl halides is 1. The highest BCUT2D eigenvalue weighted by Gasteiger charge is 2.06. The maximum atomic E-state index is 13.5. The predicted molar refractivity (Wildman–Crippen MR) is 62.4 cm³/mol. The molecule has 0 radical (unpaired) electrons. The van der Waals surface area contributed by atoms with Crippen LogP contribution < -0.4 is 4.74 Å².